The standard InChI is InChI=1S/C20H38O3/c1-5-6-7-8-9-10-11-12-13-14-15-16-17-20(18(21)22-4)19(2,3)23-20/h5-17H2,1-4H3/t20-/m1/s1. The highest BCUT2D eigenvalue weighted by atomic mass is 16.7. The number of epoxide rings is 1. The van der Waals surface area contributed by atoms with Gasteiger partial charge in [-0.15, -0.1) is 0 Å². The number of esters is 1. The molecule has 1 atom stereocenters. The highest BCUT2D eigenvalue weighted by Crippen LogP contribution is 2.51. The Hall–Kier alpha value is -0.570. The number of unbranched alkanes of at least 4 members (excludes halogenated alkanes) is 11. The fourth-order valence-corrected chi connectivity index (χ4v) is 3.53. The van der Waals surface area contributed by atoms with Crippen LogP contribution in [0, 0.1) is 0 Å². The molecule has 1 heterocycles. The quantitative estimate of drug-likeness (QED) is 0.230. The fourth-order valence-electron chi connectivity index (χ4n) is 3.53. The van der Waals surface area contributed by atoms with Crippen LogP contribution >= 0.6 is 0 Å². The first-order valence-corrected chi connectivity index (χ1v) is 9.79. The van der Waals surface area contributed by atoms with E-state index in [1.165, 1.54) is 77.7 Å². The van der Waals surface area contributed by atoms with Gasteiger partial charge in [0, 0.05) is 0 Å². The van der Waals surface area contributed by atoms with Crippen LogP contribution < -0.4 is 0 Å². The molecule has 1 fully saturated rings. The average Bonchev–Trinajstić information content (AvgIpc) is 3.10. The number of ether oxygens (including phenoxy) is 2. The summed E-state index contributed by atoms with van der Waals surface area (Å²) in [4.78, 5) is 11.9. The second kappa shape index (κ2) is 10.3. The molecule has 23 heavy (non-hydrogen) atoms. The molecular formula is C20H38O3. The van der Waals surface area contributed by atoms with Crippen molar-refractivity contribution < 1.29 is 14.3 Å². The van der Waals surface area contributed by atoms with Crippen molar-refractivity contribution in [3.8, 4) is 0 Å². The van der Waals surface area contributed by atoms with Gasteiger partial charge >= 0.3 is 5.97 Å². The molecule has 1 saturated heterocycles. The molecule has 1 aliphatic heterocycles. The summed E-state index contributed by atoms with van der Waals surface area (Å²) in [6, 6.07) is 0. The minimum atomic E-state index is -0.666. The fraction of sp³-hybridized carbons (Fsp3) is 0.950. The van der Waals surface area contributed by atoms with Gasteiger partial charge in [0.15, 0.2) is 5.60 Å². The van der Waals surface area contributed by atoms with E-state index in [4.69, 9.17) is 9.47 Å². The van der Waals surface area contributed by atoms with Gasteiger partial charge in [0.2, 0.25) is 0 Å². The first-order valence-electron chi connectivity index (χ1n) is 9.79. The lowest BCUT2D eigenvalue weighted by molar-refractivity contribution is -0.147. The summed E-state index contributed by atoms with van der Waals surface area (Å²) in [5, 5.41) is 0. The maximum absolute atomic E-state index is 11.9. The van der Waals surface area contributed by atoms with Crippen LogP contribution in [0.2, 0.25) is 0 Å². The van der Waals surface area contributed by atoms with Gasteiger partial charge in [-0.1, -0.05) is 77.6 Å². The first-order chi connectivity index (χ1) is 11.0. The van der Waals surface area contributed by atoms with E-state index in [9.17, 15) is 4.79 Å². The number of methoxy groups -OCH3 is 1. The monoisotopic (exact) mass is 326 g/mol. The summed E-state index contributed by atoms with van der Waals surface area (Å²) in [5.74, 6) is -0.203. The lowest BCUT2D eigenvalue weighted by Gasteiger charge is -2.12. The van der Waals surface area contributed by atoms with E-state index in [0.717, 1.165) is 12.8 Å². The number of hydrogen-bond acceptors (Lipinski definition) is 3. The molecule has 136 valence electrons. The van der Waals surface area contributed by atoms with Gasteiger partial charge < -0.3 is 9.47 Å². The molecule has 0 aromatic heterocycles. The third-order valence-corrected chi connectivity index (χ3v) is 5.26. The third kappa shape index (κ3) is 6.45. The molecule has 0 radical (unpaired) electrons. The Morgan fingerprint density at radius 2 is 1.22 bits per heavy atom. The van der Waals surface area contributed by atoms with E-state index in [2.05, 4.69) is 6.92 Å². The van der Waals surface area contributed by atoms with Gasteiger partial charge in [-0.3, -0.25) is 0 Å². The topological polar surface area (TPSA) is 38.8 Å². The van der Waals surface area contributed by atoms with E-state index in [1.807, 2.05) is 13.8 Å². The number of hydrogen-bond donors (Lipinski definition) is 0. The average molecular weight is 327 g/mol. The second-order valence-corrected chi connectivity index (χ2v) is 7.57. The molecule has 0 spiro atoms. The third-order valence-electron chi connectivity index (χ3n) is 5.26. The minimum Gasteiger partial charge on any atom is -0.467 e. The summed E-state index contributed by atoms with van der Waals surface area (Å²) in [6.07, 6.45) is 16.7. The Kier molecular flexibility index (Phi) is 9.19. The lowest BCUT2D eigenvalue weighted by Crippen LogP contribution is -2.32. The summed E-state index contributed by atoms with van der Waals surface area (Å²) >= 11 is 0. The molecule has 1 aliphatic rings. The van der Waals surface area contributed by atoms with Crippen LogP contribution in [-0.4, -0.2) is 24.3 Å². The Bertz CT molecular complexity index is 338. The highest BCUT2D eigenvalue weighted by Gasteiger charge is 2.69. The second-order valence-electron chi connectivity index (χ2n) is 7.57. The van der Waals surface area contributed by atoms with Crippen LogP contribution in [0.5, 0.6) is 0 Å². The maximum atomic E-state index is 11.9. The zero-order valence-electron chi connectivity index (χ0n) is 15.9. The van der Waals surface area contributed by atoms with E-state index in [-0.39, 0.29) is 11.6 Å². The van der Waals surface area contributed by atoms with Crippen LogP contribution in [0.3, 0.4) is 0 Å². The van der Waals surface area contributed by atoms with Crippen molar-refractivity contribution in [2.45, 2.75) is 115 Å². The largest absolute Gasteiger partial charge is 0.467 e. The predicted octanol–water partition coefficient (Wildman–Crippen LogP) is 5.80. The van der Waals surface area contributed by atoms with Crippen molar-refractivity contribution >= 4 is 5.97 Å². The molecule has 0 unspecified atom stereocenters. The van der Waals surface area contributed by atoms with E-state index in [1.54, 1.807) is 0 Å². The minimum absolute atomic E-state index is 0.203. The Morgan fingerprint density at radius 1 is 0.826 bits per heavy atom. The van der Waals surface area contributed by atoms with Gasteiger partial charge in [-0.2, -0.15) is 0 Å². The first kappa shape index (κ1) is 20.5. The molecule has 0 aromatic rings. The van der Waals surface area contributed by atoms with Gasteiger partial charge in [0.05, 0.1) is 7.11 Å². The molecule has 1 rings (SSSR count). The van der Waals surface area contributed by atoms with Crippen LogP contribution in [0.25, 0.3) is 0 Å². The zero-order valence-corrected chi connectivity index (χ0v) is 15.9. The van der Waals surface area contributed by atoms with Crippen LogP contribution in [-0.2, 0) is 14.3 Å². The van der Waals surface area contributed by atoms with Crippen molar-refractivity contribution in [2.75, 3.05) is 7.11 Å². The smallest absolute Gasteiger partial charge is 0.341 e. The van der Waals surface area contributed by atoms with Crippen molar-refractivity contribution in [2.24, 2.45) is 0 Å². The molecule has 0 aromatic carbocycles. The lowest BCUT2D eigenvalue weighted by atomic mass is 9.90. The maximum Gasteiger partial charge on any atom is 0.341 e. The van der Waals surface area contributed by atoms with Crippen molar-refractivity contribution in [3.05, 3.63) is 0 Å². The predicted molar refractivity (Wildman–Crippen MR) is 95.6 cm³/mol. The molecule has 3 nitrogen and oxygen atoms in total. The summed E-state index contributed by atoms with van der Waals surface area (Å²) < 4.78 is 10.6. The highest BCUT2D eigenvalue weighted by molar-refractivity contribution is 5.84. The summed E-state index contributed by atoms with van der Waals surface area (Å²) in [6.45, 7) is 6.22. The molecule has 0 amide bonds. The van der Waals surface area contributed by atoms with Gasteiger partial charge in [-0.25, -0.2) is 4.79 Å². The molecule has 0 aliphatic carbocycles. The van der Waals surface area contributed by atoms with Gasteiger partial charge in [0.25, 0.3) is 0 Å². The van der Waals surface area contributed by atoms with Gasteiger partial charge in [0.1, 0.15) is 5.60 Å². The molecule has 0 saturated carbocycles. The zero-order chi connectivity index (χ0) is 17.2. The van der Waals surface area contributed by atoms with Gasteiger partial charge in [-0.05, 0) is 26.7 Å². The summed E-state index contributed by atoms with van der Waals surface area (Å²) in [5.41, 5.74) is -1.02. The Balaban J connectivity index is 1.95. The van der Waals surface area contributed by atoms with Crippen molar-refractivity contribution in [3.63, 3.8) is 0 Å². The molecule has 0 bridgehead atoms. The van der Waals surface area contributed by atoms with E-state index >= 15 is 0 Å². The molecular weight excluding hydrogens is 288 g/mol. The molecule has 0 N–H and O–H groups in total. The van der Waals surface area contributed by atoms with E-state index < -0.39 is 5.60 Å². The number of rotatable bonds is 14. The number of carbonyl (C=O) groups excluding carboxylic acids is 1. The summed E-state index contributed by atoms with van der Waals surface area (Å²) in [7, 11) is 1.45. The van der Waals surface area contributed by atoms with Crippen LogP contribution in [0.1, 0.15) is 104 Å². The molecule has 3 heteroatoms. The van der Waals surface area contributed by atoms with Crippen molar-refractivity contribution in [1.82, 2.24) is 0 Å². The Morgan fingerprint density at radius 3 is 1.57 bits per heavy atom. The normalized spacial score (nSPS) is 22.1. The SMILES string of the molecule is CCCCCCCCCCCCCC[C@]1(C(=O)OC)OC1(C)C. The van der Waals surface area contributed by atoms with Crippen molar-refractivity contribution in [1.29, 1.82) is 0 Å². The number of carbonyl (C=O) groups is 1. The van der Waals surface area contributed by atoms with E-state index in [0.29, 0.717) is 0 Å². The van der Waals surface area contributed by atoms with Crippen LogP contribution in [0.4, 0.5) is 0 Å². The van der Waals surface area contributed by atoms with Crippen LogP contribution in [0.15, 0.2) is 0 Å². The Labute approximate surface area is 143 Å².